The van der Waals surface area contributed by atoms with Gasteiger partial charge in [0.15, 0.2) is 11.8 Å². The van der Waals surface area contributed by atoms with Crippen LogP contribution in [0.25, 0.3) is 6.08 Å². The summed E-state index contributed by atoms with van der Waals surface area (Å²) >= 11 is 0. The van der Waals surface area contributed by atoms with Gasteiger partial charge in [0, 0.05) is 44.8 Å². The number of esters is 2. The van der Waals surface area contributed by atoms with Crippen molar-refractivity contribution in [2.24, 2.45) is 17.3 Å². The molecule has 3 saturated heterocycles. The second-order valence-corrected chi connectivity index (χ2v) is 15.9. The van der Waals surface area contributed by atoms with Gasteiger partial charge in [-0.1, -0.05) is 24.3 Å². The number of nitrogens with one attached hydrogen (secondary N) is 1. The molecule has 2 N–H and O–H groups in total. The molecule has 3 aliphatic carbocycles. The number of carbonyl (C=O) groups excluding carboxylic acids is 4. The lowest BCUT2D eigenvalue weighted by atomic mass is 9.62. The first-order valence-electron chi connectivity index (χ1n) is 17.9. The molecular formula is C37H49N3O10. The molecule has 0 radical (unpaired) electrons. The van der Waals surface area contributed by atoms with Crippen LogP contribution in [0.5, 0.6) is 0 Å². The topological polar surface area (TPSA) is 153 Å². The lowest BCUT2D eigenvalue weighted by Gasteiger charge is -2.49. The van der Waals surface area contributed by atoms with Crippen LogP contribution in [0.1, 0.15) is 76.8 Å². The molecule has 2 bridgehead atoms. The molecule has 3 saturated carbocycles. The van der Waals surface area contributed by atoms with Gasteiger partial charge in [0.25, 0.3) is 0 Å². The lowest BCUT2D eigenvalue weighted by molar-refractivity contribution is -0.235. The molecule has 0 aromatic heterocycles. The highest BCUT2D eigenvalue weighted by Crippen LogP contribution is 2.63. The van der Waals surface area contributed by atoms with Gasteiger partial charge in [-0.15, -0.1) is 0 Å². The monoisotopic (exact) mass is 695 g/mol. The van der Waals surface area contributed by atoms with Crippen LogP contribution < -0.4 is 5.32 Å². The Balaban J connectivity index is 1.20. The summed E-state index contributed by atoms with van der Waals surface area (Å²) in [6.07, 6.45) is 4.55. The summed E-state index contributed by atoms with van der Waals surface area (Å²) in [6, 6.07) is 5.58. The molecule has 1 aromatic rings. The molecule has 1 aromatic carbocycles. The lowest BCUT2D eigenvalue weighted by Crippen LogP contribution is -2.70. The Morgan fingerprint density at radius 3 is 2.42 bits per heavy atom. The van der Waals surface area contributed by atoms with Crippen molar-refractivity contribution in [1.29, 1.82) is 0 Å². The van der Waals surface area contributed by atoms with E-state index in [4.69, 9.17) is 23.8 Å². The average Bonchev–Trinajstić information content (AvgIpc) is 4.00. The third-order valence-corrected chi connectivity index (χ3v) is 10.8. The zero-order chi connectivity index (χ0) is 35.6. The number of ether oxygens (including phenoxy) is 4. The van der Waals surface area contributed by atoms with Crippen LogP contribution in [-0.2, 0) is 49.5 Å². The summed E-state index contributed by atoms with van der Waals surface area (Å²) < 4.78 is 25.3. The summed E-state index contributed by atoms with van der Waals surface area (Å²) in [5.74, 6) is -1.99. The van der Waals surface area contributed by atoms with Gasteiger partial charge in [0.2, 0.25) is 11.8 Å². The molecule has 272 valence electrons. The molecule has 7 rings (SSSR count). The SMILES string of the molecule is CN(C)C(=O)C=Cc1ccccc1CN1OC2C3OC(C4CC4)(C4CC4)OC3C3CC2(C(=O)NC(CO)CCC(=O)OC(C)(C)C)C1C(=O)O3. The van der Waals surface area contributed by atoms with Crippen LogP contribution in [0.2, 0.25) is 0 Å². The van der Waals surface area contributed by atoms with E-state index in [1.54, 1.807) is 40.9 Å². The van der Waals surface area contributed by atoms with Crippen LogP contribution in [0, 0.1) is 17.3 Å². The van der Waals surface area contributed by atoms with Crippen molar-refractivity contribution >= 4 is 29.8 Å². The van der Waals surface area contributed by atoms with Crippen molar-refractivity contribution in [3.05, 3.63) is 41.5 Å². The van der Waals surface area contributed by atoms with Gasteiger partial charge in [-0.05, 0) is 70.1 Å². The number of likely N-dealkylation sites (N-methyl/N-ethyl adjacent to an activating group) is 1. The fourth-order valence-electron chi connectivity index (χ4n) is 8.20. The fourth-order valence-corrected chi connectivity index (χ4v) is 8.20. The van der Waals surface area contributed by atoms with E-state index in [9.17, 15) is 24.3 Å². The van der Waals surface area contributed by atoms with E-state index in [1.165, 1.54) is 16.0 Å². The quantitative estimate of drug-likeness (QED) is 0.245. The van der Waals surface area contributed by atoms with E-state index in [0.29, 0.717) is 0 Å². The summed E-state index contributed by atoms with van der Waals surface area (Å²) in [7, 11) is 3.35. The van der Waals surface area contributed by atoms with Crippen molar-refractivity contribution in [2.75, 3.05) is 20.7 Å². The highest BCUT2D eigenvalue weighted by molar-refractivity contribution is 5.94. The number of hydrogen-bond donors (Lipinski definition) is 2. The normalized spacial score (nSPS) is 32.0. The van der Waals surface area contributed by atoms with Gasteiger partial charge < -0.3 is 34.3 Å². The Hall–Kier alpha value is -3.36. The number of nitrogens with zero attached hydrogens (tertiary/aromatic N) is 2. The van der Waals surface area contributed by atoms with Crippen molar-refractivity contribution in [3.8, 4) is 0 Å². The molecule has 6 aliphatic rings. The maximum atomic E-state index is 14.7. The first-order chi connectivity index (χ1) is 23.8. The summed E-state index contributed by atoms with van der Waals surface area (Å²) in [5.41, 5.74) is -0.571. The Labute approximate surface area is 292 Å². The van der Waals surface area contributed by atoms with Gasteiger partial charge >= 0.3 is 11.9 Å². The number of rotatable bonds is 12. The van der Waals surface area contributed by atoms with E-state index < -0.39 is 77.8 Å². The molecule has 0 spiro atoms. The number of hydroxylamine groups is 2. The molecule has 3 heterocycles. The maximum absolute atomic E-state index is 14.7. The van der Waals surface area contributed by atoms with Crippen molar-refractivity contribution < 1.29 is 48.1 Å². The van der Waals surface area contributed by atoms with E-state index in [2.05, 4.69) is 5.32 Å². The minimum atomic E-state index is -1.43. The van der Waals surface area contributed by atoms with Crippen LogP contribution in [0.3, 0.4) is 0 Å². The highest BCUT2D eigenvalue weighted by atomic mass is 16.8. The second kappa shape index (κ2) is 13.0. The molecule has 13 heteroatoms. The fraction of sp³-hybridized carbons (Fsp3) is 0.676. The Kier molecular flexibility index (Phi) is 9.12. The van der Waals surface area contributed by atoms with E-state index >= 15 is 0 Å². The predicted molar refractivity (Wildman–Crippen MR) is 177 cm³/mol. The number of hydrogen-bond acceptors (Lipinski definition) is 11. The molecule has 6 fully saturated rings. The van der Waals surface area contributed by atoms with Crippen LogP contribution in [0.15, 0.2) is 30.3 Å². The maximum Gasteiger partial charge on any atom is 0.327 e. The summed E-state index contributed by atoms with van der Waals surface area (Å²) in [5, 5.41) is 14.8. The highest BCUT2D eigenvalue weighted by Gasteiger charge is 2.78. The summed E-state index contributed by atoms with van der Waals surface area (Å²) in [6.45, 7) is 5.03. The van der Waals surface area contributed by atoms with Crippen molar-refractivity contribution in [2.45, 2.75) is 120 Å². The second-order valence-electron chi connectivity index (χ2n) is 15.9. The molecule has 13 nitrogen and oxygen atoms in total. The first-order valence-corrected chi connectivity index (χ1v) is 17.9. The number of fused-ring (bicyclic) bond motifs is 4. The molecule has 7 atom stereocenters. The first kappa shape index (κ1) is 35.1. The van der Waals surface area contributed by atoms with Gasteiger partial charge in [0.1, 0.15) is 35.4 Å². The zero-order valence-corrected chi connectivity index (χ0v) is 29.5. The van der Waals surface area contributed by atoms with Gasteiger partial charge in [-0.25, -0.2) is 0 Å². The molecule has 7 unspecified atom stereocenters. The third-order valence-electron chi connectivity index (χ3n) is 10.8. The van der Waals surface area contributed by atoms with E-state index in [1.807, 2.05) is 24.3 Å². The van der Waals surface area contributed by atoms with Crippen LogP contribution in [0.4, 0.5) is 0 Å². The number of aliphatic hydroxyl groups is 1. The standard InChI is InChI=1S/C37H49N3O10/c1-35(2,3)47-28(43)17-15-25(20-41)38-34(45)36-18-26-29-30(49-37(48-29,23-11-12-23)24-13-14-24)32(36)50-40(31(36)33(44)46-26)19-22-9-7-6-8-21(22)10-16-27(42)39(4)5/h6-10,16,23-26,29-32,41H,11-15,17-20H2,1-5H3,(H,38,45). The minimum absolute atomic E-state index is 0.0104. The summed E-state index contributed by atoms with van der Waals surface area (Å²) in [4.78, 5) is 61.9. The predicted octanol–water partition coefficient (Wildman–Crippen LogP) is 2.49. The van der Waals surface area contributed by atoms with Crippen LogP contribution >= 0.6 is 0 Å². The number of carbonyl (C=O) groups is 4. The smallest absolute Gasteiger partial charge is 0.327 e. The van der Waals surface area contributed by atoms with Crippen LogP contribution in [-0.4, -0.2) is 107 Å². The largest absolute Gasteiger partial charge is 0.460 e. The third kappa shape index (κ3) is 6.36. The molecule has 3 aliphatic heterocycles. The number of benzene rings is 1. The minimum Gasteiger partial charge on any atom is -0.460 e. The molecular weight excluding hydrogens is 646 g/mol. The Bertz CT molecular complexity index is 1540. The van der Waals surface area contributed by atoms with Gasteiger partial charge in [-0.3, -0.25) is 24.0 Å². The number of aliphatic hydroxyl groups excluding tert-OH is 1. The number of amides is 2. The Morgan fingerprint density at radius 1 is 1.10 bits per heavy atom. The van der Waals surface area contributed by atoms with Gasteiger partial charge in [0.05, 0.1) is 19.2 Å². The average molecular weight is 696 g/mol. The Morgan fingerprint density at radius 2 is 1.78 bits per heavy atom. The van der Waals surface area contributed by atoms with E-state index in [0.717, 1.165) is 36.8 Å². The zero-order valence-electron chi connectivity index (χ0n) is 29.5. The molecule has 2 amide bonds. The van der Waals surface area contributed by atoms with Crippen molar-refractivity contribution in [1.82, 2.24) is 15.3 Å². The van der Waals surface area contributed by atoms with Crippen molar-refractivity contribution in [3.63, 3.8) is 0 Å². The van der Waals surface area contributed by atoms with E-state index in [-0.39, 0.29) is 43.6 Å². The molecule has 50 heavy (non-hydrogen) atoms. The van der Waals surface area contributed by atoms with Gasteiger partial charge in [-0.2, -0.15) is 5.06 Å².